The van der Waals surface area contributed by atoms with Crippen LogP contribution in [0.5, 0.6) is 0 Å². The molecule has 0 amide bonds. The van der Waals surface area contributed by atoms with Gasteiger partial charge in [-0.05, 0) is 51.2 Å². The number of rotatable bonds is 5. The number of aliphatic hydroxyl groups is 1. The average Bonchev–Trinajstić information content (AvgIpc) is 2.28. The highest BCUT2D eigenvalue weighted by Gasteiger charge is 2.19. The van der Waals surface area contributed by atoms with Crippen LogP contribution >= 0.6 is 15.9 Å². The van der Waals surface area contributed by atoms with Crippen molar-refractivity contribution < 1.29 is 5.11 Å². The first-order valence-electron chi connectivity index (χ1n) is 5.77. The summed E-state index contributed by atoms with van der Waals surface area (Å²) in [6, 6.07) is 5.59. The van der Waals surface area contributed by atoms with Crippen LogP contribution in [-0.4, -0.2) is 36.7 Å². The number of aliphatic hydroxyl groups excluding tert-OH is 1. The lowest BCUT2D eigenvalue weighted by molar-refractivity contribution is 0.137. The van der Waals surface area contributed by atoms with Gasteiger partial charge in [0.1, 0.15) is 0 Å². The molecule has 3 N–H and O–H groups in total. The van der Waals surface area contributed by atoms with Gasteiger partial charge in [-0.15, -0.1) is 0 Å². The van der Waals surface area contributed by atoms with Crippen LogP contribution in [0.2, 0.25) is 0 Å². The van der Waals surface area contributed by atoms with Gasteiger partial charge in [0.2, 0.25) is 0 Å². The maximum atomic E-state index is 10.2. The Morgan fingerprint density at radius 3 is 2.65 bits per heavy atom. The lowest BCUT2D eigenvalue weighted by atomic mass is 9.96. The van der Waals surface area contributed by atoms with Crippen molar-refractivity contribution in [2.75, 3.05) is 20.6 Å². The highest BCUT2D eigenvalue weighted by Crippen LogP contribution is 2.26. The zero-order valence-corrected chi connectivity index (χ0v) is 12.2. The van der Waals surface area contributed by atoms with E-state index in [0.717, 1.165) is 28.6 Å². The number of nitrogens with two attached hydrogens (primary N) is 1. The van der Waals surface area contributed by atoms with E-state index < -0.39 is 6.10 Å². The topological polar surface area (TPSA) is 49.5 Å². The Kier molecular flexibility index (Phi) is 5.59. The summed E-state index contributed by atoms with van der Waals surface area (Å²) in [5.41, 5.74) is 7.99. The van der Waals surface area contributed by atoms with Gasteiger partial charge in [0.05, 0.1) is 6.10 Å². The second-order valence-corrected chi connectivity index (χ2v) is 5.51. The van der Waals surface area contributed by atoms with E-state index in [1.165, 1.54) is 0 Å². The summed E-state index contributed by atoms with van der Waals surface area (Å²) >= 11 is 3.47. The van der Waals surface area contributed by atoms with Crippen molar-refractivity contribution in [1.29, 1.82) is 0 Å². The maximum absolute atomic E-state index is 10.2. The largest absolute Gasteiger partial charge is 0.387 e. The second-order valence-electron chi connectivity index (χ2n) is 4.65. The molecule has 0 fully saturated rings. The average molecular weight is 301 g/mol. The number of hydrogen-bond donors (Lipinski definition) is 2. The monoisotopic (exact) mass is 300 g/mol. The molecule has 0 bridgehead atoms. The molecular formula is C13H21BrN2O. The highest BCUT2D eigenvalue weighted by molar-refractivity contribution is 9.10. The van der Waals surface area contributed by atoms with Gasteiger partial charge in [0.15, 0.2) is 0 Å². The summed E-state index contributed by atoms with van der Waals surface area (Å²) in [5.74, 6) is 0. The molecule has 0 radical (unpaired) electrons. The number of hydrogen-bond acceptors (Lipinski definition) is 3. The first kappa shape index (κ1) is 14.6. The molecule has 3 nitrogen and oxygen atoms in total. The quantitative estimate of drug-likeness (QED) is 0.875. The third-order valence-corrected chi connectivity index (χ3v) is 3.80. The molecule has 1 aromatic carbocycles. The van der Waals surface area contributed by atoms with Gasteiger partial charge in [-0.25, -0.2) is 0 Å². The third kappa shape index (κ3) is 4.07. The molecule has 1 rings (SSSR count). The van der Waals surface area contributed by atoms with Gasteiger partial charge in [-0.1, -0.05) is 28.1 Å². The van der Waals surface area contributed by atoms with Gasteiger partial charge in [-0.2, -0.15) is 0 Å². The van der Waals surface area contributed by atoms with Crippen molar-refractivity contribution in [3.05, 3.63) is 33.8 Å². The Hall–Kier alpha value is -0.420. The Labute approximate surface area is 112 Å². The summed E-state index contributed by atoms with van der Waals surface area (Å²) in [7, 11) is 4.01. The Bertz CT molecular complexity index is 368. The third-order valence-electron chi connectivity index (χ3n) is 2.94. The standard InChI is InChI=1S/C13H21BrN2O/c1-9-10(5-4-6-11(9)14)13(17)12(15)7-8-16(2)3/h4-6,12-13,17H,7-8,15H2,1-3H3. The smallest absolute Gasteiger partial charge is 0.0944 e. The van der Waals surface area contributed by atoms with Gasteiger partial charge in [0.25, 0.3) is 0 Å². The molecule has 0 aliphatic heterocycles. The molecule has 2 unspecified atom stereocenters. The minimum absolute atomic E-state index is 0.231. The van der Waals surface area contributed by atoms with Crippen LogP contribution in [0, 0.1) is 6.92 Å². The molecule has 2 atom stereocenters. The van der Waals surface area contributed by atoms with Crippen molar-refractivity contribution >= 4 is 15.9 Å². The number of benzene rings is 1. The molecular weight excluding hydrogens is 280 g/mol. The molecule has 96 valence electrons. The van der Waals surface area contributed by atoms with E-state index in [2.05, 4.69) is 20.8 Å². The zero-order valence-electron chi connectivity index (χ0n) is 10.7. The van der Waals surface area contributed by atoms with Crippen LogP contribution in [0.3, 0.4) is 0 Å². The van der Waals surface area contributed by atoms with Crippen molar-refractivity contribution in [2.24, 2.45) is 5.73 Å². The molecule has 0 saturated carbocycles. The number of halogens is 1. The molecule has 1 aromatic rings. The van der Waals surface area contributed by atoms with E-state index in [-0.39, 0.29) is 6.04 Å². The van der Waals surface area contributed by atoms with E-state index in [4.69, 9.17) is 5.73 Å². The van der Waals surface area contributed by atoms with Gasteiger partial charge in [-0.3, -0.25) is 0 Å². The summed E-state index contributed by atoms with van der Waals surface area (Å²) in [6.45, 7) is 2.87. The van der Waals surface area contributed by atoms with Crippen molar-refractivity contribution in [2.45, 2.75) is 25.5 Å². The van der Waals surface area contributed by atoms with Crippen LogP contribution in [0.4, 0.5) is 0 Å². The molecule has 4 heteroatoms. The fraction of sp³-hybridized carbons (Fsp3) is 0.538. The van der Waals surface area contributed by atoms with Crippen molar-refractivity contribution in [3.63, 3.8) is 0 Å². The van der Waals surface area contributed by atoms with E-state index in [1.807, 2.05) is 39.2 Å². The molecule has 0 aromatic heterocycles. The predicted octanol–water partition coefficient (Wildman–Crippen LogP) is 2.07. The maximum Gasteiger partial charge on any atom is 0.0944 e. The Morgan fingerprint density at radius 2 is 2.06 bits per heavy atom. The summed E-state index contributed by atoms with van der Waals surface area (Å²) in [4.78, 5) is 2.07. The molecule has 0 spiro atoms. The molecule has 0 aliphatic rings. The Morgan fingerprint density at radius 1 is 1.41 bits per heavy atom. The minimum Gasteiger partial charge on any atom is -0.387 e. The number of nitrogens with zero attached hydrogens (tertiary/aromatic N) is 1. The van der Waals surface area contributed by atoms with Gasteiger partial charge < -0.3 is 15.7 Å². The molecule has 0 saturated heterocycles. The summed E-state index contributed by atoms with van der Waals surface area (Å²) in [5, 5.41) is 10.2. The molecule has 0 heterocycles. The van der Waals surface area contributed by atoms with E-state index in [1.54, 1.807) is 0 Å². The van der Waals surface area contributed by atoms with Crippen LogP contribution in [0.25, 0.3) is 0 Å². The zero-order chi connectivity index (χ0) is 13.0. The SMILES string of the molecule is Cc1c(Br)cccc1C(O)C(N)CCN(C)C. The van der Waals surface area contributed by atoms with Gasteiger partial charge >= 0.3 is 0 Å². The highest BCUT2D eigenvalue weighted by atomic mass is 79.9. The van der Waals surface area contributed by atoms with Crippen molar-refractivity contribution in [1.82, 2.24) is 4.90 Å². The fourth-order valence-corrected chi connectivity index (χ4v) is 2.12. The van der Waals surface area contributed by atoms with Crippen LogP contribution in [0.1, 0.15) is 23.7 Å². The van der Waals surface area contributed by atoms with E-state index >= 15 is 0 Å². The van der Waals surface area contributed by atoms with Crippen LogP contribution < -0.4 is 5.73 Å². The van der Waals surface area contributed by atoms with E-state index in [9.17, 15) is 5.11 Å². The minimum atomic E-state index is -0.604. The van der Waals surface area contributed by atoms with Crippen LogP contribution in [-0.2, 0) is 0 Å². The van der Waals surface area contributed by atoms with E-state index in [0.29, 0.717) is 0 Å². The normalized spacial score (nSPS) is 15.0. The first-order valence-corrected chi connectivity index (χ1v) is 6.56. The lowest BCUT2D eigenvalue weighted by Crippen LogP contribution is -2.32. The predicted molar refractivity (Wildman–Crippen MR) is 75.0 cm³/mol. The van der Waals surface area contributed by atoms with Crippen LogP contribution in [0.15, 0.2) is 22.7 Å². The Balaban J connectivity index is 2.74. The molecule has 0 aliphatic carbocycles. The fourth-order valence-electron chi connectivity index (χ4n) is 1.74. The summed E-state index contributed by atoms with van der Waals surface area (Å²) < 4.78 is 1.01. The molecule has 17 heavy (non-hydrogen) atoms. The second kappa shape index (κ2) is 6.50. The van der Waals surface area contributed by atoms with Gasteiger partial charge in [0, 0.05) is 10.5 Å². The summed E-state index contributed by atoms with van der Waals surface area (Å²) in [6.07, 6.45) is 0.174. The first-order chi connectivity index (χ1) is 7.93. The lowest BCUT2D eigenvalue weighted by Gasteiger charge is -2.22. The van der Waals surface area contributed by atoms with Crippen molar-refractivity contribution in [3.8, 4) is 0 Å².